The van der Waals surface area contributed by atoms with Crippen molar-refractivity contribution in [3.8, 4) is 0 Å². The van der Waals surface area contributed by atoms with Gasteiger partial charge in [0.15, 0.2) is 0 Å². The predicted molar refractivity (Wildman–Crippen MR) is 124 cm³/mol. The number of carbonyl (C=O) groups excluding carboxylic acids is 1. The number of amides is 1. The van der Waals surface area contributed by atoms with Crippen LogP contribution in [0.5, 0.6) is 0 Å². The normalized spacial score (nSPS) is 16.0. The molecule has 1 aliphatic rings. The zero-order chi connectivity index (χ0) is 22.2. The van der Waals surface area contributed by atoms with Gasteiger partial charge in [-0.15, -0.1) is 0 Å². The third-order valence-corrected chi connectivity index (χ3v) is 6.34. The Kier molecular flexibility index (Phi) is 5.14. The van der Waals surface area contributed by atoms with E-state index < -0.39 is 17.3 Å². The summed E-state index contributed by atoms with van der Waals surface area (Å²) in [6, 6.07) is 13.8. The van der Waals surface area contributed by atoms with Crippen LogP contribution >= 0.6 is 0 Å². The number of nitrogens with zero attached hydrogens (tertiary/aromatic N) is 3. The number of hydrogen-bond donors (Lipinski definition) is 2. The number of fused-ring (bicyclic) bond motifs is 2. The molecule has 1 saturated heterocycles. The molecule has 5 rings (SSSR count). The Bertz CT molecular complexity index is 1410. The summed E-state index contributed by atoms with van der Waals surface area (Å²) in [5, 5.41) is 1.37. The van der Waals surface area contributed by atoms with Crippen molar-refractivity contribution < 1.29 is 4.79 Å². The number of H-pyrrole nitrogens is 2. The molecule has 8 heteroatoms. The highest BCUT2D eigenvalue weighted by atomic mass is 16.2. The Morgan fingerprint density at radius 3 is 2.34 bits per heavy atom. The van der Waals surface area contributed by atoms with Crippen LogP contribution in [-0.2, 0) is 11.2 Å². The second kappa shape index (κ2) is 8.12. The number of rotatable bonds is 4. The molecule has 2 aromatic heterocycles. The second-order valence-electron chi connectivity index (χ2n) is 8.36. The fraction of sp³-hybridized carbons (Fsp3) is 0.292. The fourth-order valence-electron chi connectivity index (χ4n) is 4.49. The van der Waals surface area contributed by atoms with Crippen LogP contribution in [0.4, 0.5) is 0 Å². The Labute approximate surface area is 184 Å². The summed E-state index contributed by atoms with van der Waals surface area (Å²) in [6.45, 7) is 2.66. The molecule has 0 aliphatic carbocycles. The van der Waals surface area contributed by atoms with Crippen LogP contribution in [0.3, 0.4) is 0 Å². The number of likely N-dealkylation sites (N-methyl/N-ethyl adjacent to an activating group) is 1. The average molecular weight is 431 g/mol. The van der Waals surface area contributed by atoms with E-state index in [1.165, 1.54) is 0 Å². The SMILES string of the molecule is CN1CCN(C(=O)[C@@H](Cc2c[nH]c3ccccc23)n2c(=O)[nH]c3ccccc3c2=O)CC1. The molecule has 1 amide bonds. The van der Waals surface area contributed by atoms with Crippen LogP contribution in [0.15, 0.2) is 64.3 Å². The lowest BCUT2D eigenvalue weighted by molar-refractivity contribution is -0.136. The number of para-hydroxylation sites is 2. The van der Waals surface area contributed by atoms with Crippen molar-refractivity contribution in [2.45, 2.75) is 12.5 Å². The maximum absolute atomic E-state index is 13.7. The van der Waals surface area contributed by atoms with Gasteiger partial charge in [-0.25, -0.2) is 9.36 Å². The van der Waals surface area contributed by atoms with Crippen LogP contribution in [0.25, 0.3) is 21.8 Å². The van der Waals surface area contributed by atoms with Crippen LogP contribution in [0, 0.1) is 0 Å². The van der Waals surface area contributed by atoms with Crippen molar-refractivity contribution in [3.63, 3.8) is 0 Å². The summed E-state index contributed by atoms with van der Waals surface area (Å²) in [4.78, 5) is 50.0. The van der Waals surface area contributed by atoms with E-state index in [1.807, 2.05) is 37.5 Å². The van der Waals surface area contributed by atoms with E-state index in [1.54, 1.807) is 29.2 Å². The maximum atomic E-state index is 13.7. The lowest BCUT2D eigenvalue weighted by Gasteiger charge is -2.34. The molecule has 0 unspecified atom stereocenters. The van der Waals surface area contributed by atoms with Gasteiger partial charge in [0, 0.05) is 49.7 Å². The topological polar surface area (TPSA) is 94.2 Å². The molecule has 164 valence electrons. The minimum atomic E-state index is -0.932. The third-order valence-electron chi connectivity index (χ3n) is 6.34. The standard InChI is InChI=1S/C24H25N5O3/c1-27-10-12-28(13-11-27)23(31)21(14-16-15-25-19-8-4-2-6-17(16)19)29-22(30)18-7-3-5-9-20(18)26-24(29)32/h2-9,15,21,25H,10-14H2,1H3,(H,26,32)/t21-/m1/s1. The molecule has 0 saturated carbocycles. The fourth-order valence-corrected chi connectivity index (χ4v) is 4.49. The molecule has 2 N–H and O–H groups in total. The average Bonchev–Trinajstić information content (AvgIpc) is 3.21. The van der Waals surface area contributed by atoms with Gasteiger partial charge in [-0.05, 0) is 30.8 Å². The van der Waals surface area contributed by atoms with E-state index in [-0.39, 0.29) is 12.3 Å². The zero-order valence-corrected chi connectivity index (χ0v) is 17.9. The van der Waals surface area contributed by atoms with Crippen molar-refractivity contribution in [1.82, 2.24) is 24.3 Å². The van der Waals surface area contributed by atoms with Crippen LogP contribution in [-0.4, -0.2) is 63.5 Å². The van der Waals surface area contributed by atoms with Crippen LogP contribution in [0.2, 0.25) is 0 Å². The molecule has 4 aromatic rings. The number of piperazine rings is 1. The van der Waals surface area contributed by atoms with Crippen molar-refractivity contribution in [2.75, 3.05) is 33.2 Å². The van der Waals surface area contributed by atoms with Gasteiger partial charge in [0.05, 0.1) is 10.9 Å². The lowest BCUT2D eigenvalue weighted by atomic mass is 10.0. The first-order valence-corrected chi connectivity index (χ1v) is 10.8. The first kappa shape index (κ1) is 20.3. The molecule has 0 radical (unpaired) electrons. The summed E-state index contributed by atoms with van der Waals surface area (Å²) in [6.07, 6.45) is 2.10. The molecule has 1 fully saturated rings. The molecule has 2 aromatic carbocycles. The highest BCUT2D eigenvalue weighted by Gasteiger charge is 2.31. The van der Waals surface area contributed by atoms with Crippen molar-refractivity contribution in [2.24, 2.45) is 0 Å². The van der Waals surface area contributed by atoms with Crippen LogP contribution < -0.4 is 11.2 Å². The lowest BCUT2D eigenvalue weighted by Crippen LogP contribution is -2.52. The van der Waals surface area contributed by atoms with Gasteiger partial charge in [0.1, 0.15) is 6.04 Å². The minimum Gasteiger partial charge on any atom is -0.361 e. The van der Waals surface area contributed by atoms with Crippen molar-refractivity contribution >= 4 is 27.7 Å². The first-order chi connectivity index (χ1) is 15.5. The largest absolute Gasteiger partial charge is 0.361 e. The number of hydrogen-bond acceptors (Lipinski definition) is 4. The molecule has 1 aliphatic heterocycles. The highest BCUT2D eigenvalue weighted by Crippen LogP contribution is 2.24. The Morgan fingerprint density at radius 2 is 1.59 bits per heavy atom. The summed E-state index contributed by atoms with van der Waals surface area (Å²) in [7, 11) is 2.02. The van der Waals surface area contributed by atoms with Gasteiger partial charge in [-0.2, -0.15) is 0 Å². The predicted octanol–water partition coefficient (Wildman–Crippen LogP) is 1.73. The molecule has 0 spiro atoms. The zero-order valence-electron chi connectivity index (χ0n) is 17.9. The van der Waals surface area contributed by atoms with E-state index in [0.29, 0.717) is 24.0 Å². The van der Waals surface area contributed by atoms with E-state index in [0.717, 1.165) is 34.1 Å². The molecule has 8 nitrogen and oxygen atoms in total. The maximum Gasteiger partial charge on any atom is 0.329 e. The van der Waals surface area contributed by atoms with E-state index in [2.05, 4.69) is 14.9 Å². The highest BCUT2D eigenvalue weighted by molar-refractivity contribution is 5.86. The number of aromatic nitrogens is 3. The minimum absolute atomic E-state index is 0.203. The van der Waals surface area contributed by atoms with Gasteiger partial charge in [0.2, 0.25) is 5.91 Å². The van der Waals surface area contributed by atoms with Gasteiger partial charge in [0.25, 0.3) is 5.56 Å². The Morgan fingerprint density at radius 1 is 0.938 bits per heavy atom. The number of nitrogens with one attached hydrogen (secondary N) is 2. The Balaban J connectivity index is 1.63. The smallest absolute Gasteiger partial charge is 0.329 e. The number of carbonyl (C=O) groups is 1. The number of aromatic amines is 2. The monoisotopic (exact) mass is 431 g/mol. The molecular formula is C24H25N5O3. The third kappa shape index (κ3) is 3.52. The van der Waals surface area contributed by atoms with Gasteiger partial charge in [-0.1, -0.05) is 30.3 Å². The van der Waals surface area contributed by atoms with Gasteiger partial charge >= 0.3 is 5.69 Å². The van der Waals surface area contributed by atoms with E-state index >= 15 is 0 Å². The molecule has 0 bridgehead atoms. The summed E-state index contributed by atoms with van der Waals surface area (Å²) >= 11 is 0. The van der Waals surface area contributed by atoms with E-state index in [4.69, 9.17) is 0 Å². The quantitative estimate of drug-likeness (QED) is 0.515. The first-order valence-electron chi connectivity index (χ1n) is 10.8. The van der Waals surface area contributed by atoms with Crippen molar-refractivity contribution in [1.29, 1.82) is 0 Å². The number of benzene rings is 2. The molecular weight excluding hydrogens is 406 g/mol. The second-order valence-corrected chi connectivity index (χ2v) is 8.36. The van der Waals surface area contributed by atoms with Crippen molar-refractivity contribution in [3.05, 3.63) is 81.1 Å². The van der Waals surface area contributed by atoms with Crippen LogP contribution in [0.1, 0.15) is 11.6 Å². The van der Waals surface area contributed by atoms with Gasteiger partial charge < -0.3 is 19.8 Å². The van der Waals surface area contributed by atoms with Gasteiger partial charge in [-0.3, -0.25) is 9.59 Å². The molecule has 3 heterocycles. The molecule has 1 atom stereocenters. The summed E-state index contributed by atoms with van der Waals surface area (Å²) in [5.74, 6) is -0.203. The summed E-state index contributed by atoms with van der Waals surface area (Å²) < 4.78 is 1.10. The Hall–Kier alpha value is -3.65. The molecule has 32 heavy (non-hydrogen) atoms. The van der Waals surface area contributed by atoms with E-state index in [9.17, 15) is 14.4 Å². The summed E-state index contributed by atoms with van der Waals surface area (Å²) in [5.41, 5.74) is 1.30.